The number of carbonyl (C=O) groups is 1. The first-order valence-corrected chi connectivity index (χ1v) is 7.72. The zero-order valence-corrected chi connectivity index (χ0v) is 9.92. The largest absolute Gasteiger partial charge is 0.299 e. The van der Waals surface area contributed by atoms with Gasteiger partial charge in [0.2, 0.25) is 0 Å². The van der Waals surface area contributed by atoms with Gasteiger partial charge in [-0.05, 0) is 37.5 Å². The summed E-state index contributed by atoms with van der Waals surface area (Å²) in [5.41, 5.74) is 0. The van der Waals surface area contributed by atoms with Crippen LogP contribution in [0.25, 0.3) is 0 Å². The van der Waals surface area contributed by atoms with E-state index < -0.39 is 9.84 Å². The topological polar surface area (TPSA) is 51.2 Å². The predicted molar refractivity (Wildman–Crippen MR) is 58.3 cm³/mol. The van der Waals surface area contributed by atoms with E-state index in [9.17, 15) is 13.2 Å². The standard InChI is InChI=1S/C11H18O3S/c1-15(13,14)4-2-3-11(12)10-6-8-5-9(8)7-10/h8-10H,2-7H2,1H3. The van der Waals surface area contributed by atoms with Crippen LogP contribution in [-0.4, -0.2) is 26.2 Å². The smallest absolute Gasteiger partial charge is 0.147 e. The molecule has 86 valence electrons. The average molecular weight is 230 g/mol. The molecule has 2 fully saturated rings. The molecule has 2 rings (SSSR count). The summed E-state index contributed by atoms with van der Waals surface area (Å²) in [7, 11) is -2.90. The van der Waals surface area contributed by atoms with Gasteiger partial charge in [0, 0.05) is 18.6 Å². The SMILES string of the molecule is CS(=O)(=O)CCCC(=O)C1CC2CC2C1. The Bertz CT molecular complexity index is 348. The minimum absolute atomic E-state index is 0.151. The molecule has 0 aromatic rings. The number of sulfone groups is 1. The van der Waals surface area contributed by atoms with E-state index in [1.54, 1.807) is 0 Å². The molecule has 0 bridgehead atoms. The number of fused-ring (bicyclic) bond motifs is 1. The van der Waals surface area contributed by atoms with E-state index in [4.69, 9.17) is 0 Å². The van der Waals surface area contributed by atoms with Gasteiger partial charge in [-0.15, -0.1) is 0 Å². The maximum Gasteiger partial charge on any atom is 0.147 e. The van der Waals surface area contributed by atoms with Gasteiger partial charge >= 0.3 is 0 Å². The van der Waals surface area contributed by atoms with Crippen LogP contribution in [0.15, 0.2) is 0 Å². The maximum atomic E-state index is 11.7. The van der Waals surface area contributed by atoms with Crippen molar-refractivity contribution in [2.75, 3.05) is 12.0 Å². The molecule has 3 nitrogen and oxygen atoms in total. The summed E-state index contributed by atoms with van der Waals surface area (Å²) in [4.78, 5) is 11.7. The molecular weight excluding hydrogens is 212 g/mol. The molecule has 0 aromatic carbocycles. The van der Waals surface area contributed by atoms with Gasteiger partial charge in [0.05, 0.1) is 5.75 Å². The molecule has 2 atom stereocenters. The van der Waals surface area contributed by atoms with Crippen molar-refractivity contribution in [3.8, 4) is 0 Å². The Morgan fingerprint density at radius 3 is 2.33 bits per heavy atom. The first-order chi connectivity index (χ1) is 6.96. The lowest BCUT2D eigenvalue weighted by atomic mass is 9.96. The number of hydrogen-bond acceptors (Lipinski definition) is 3. The number of hydrogen-bond donors (Lipinski definition) is 0. The first kappa shape index (κ1) is 11.1. The second-order valence-electron chi connectivity index (χ2n) is 5.12. The highest BCUT2D eigenvalue weighted by Gasteiger charge is 2.47. The van der Waals surface area contributed by atoms with Crippen LogP contribution in [0.5, 0.6) is 0 Å². The zero-order chi connectivity index (χ0) is 11.1. The van der Waals surface area contributed by atoms with Crippen molar-refractivity contribution in [1.29, 1.82) is 0 Å². The predicted octanol–water partition coefficient (Wildman–Crippen LogP) is 1.43. The molecule has 2 saturated carbocycles. The van der Waals surface area contributed by atoms with Crippen LogP contribution in [0.2, 0.25) is 0 Å². The van der Waals surface area contributed by atoms with E-state index in [1.807, 2.05) is 0 Å². The Morgan fingerprint density at radius 2 is 1.80 bits per heavy atom. The monoisotopic (exact) mass is 230 g/mol. The second-order valence-corrected chi connectivity index (χ2v) is 7.38. The highest BCUT2D eigenvalue weighted by molar-refractivity contribution is 7.90. The minimum atomic E-state index is -2.90. The fraction of sp³-hybridized carbons (Fsp3) is 0.909. The fourth-order valence-electron chi connectivity index (χ4n) is 2.69. The summed E-state index contributed by atoms with van der Waals surface area (Å²) in [5.74, 6) is 2.36. The molecule has 0 radical (unpaired) electrons. The van der Waals surface area contributed by atoms with Gasteiger partial charge in [-0.1, -0.05) is 0 Å². The van der Waals surface area contributed by atoms with Crippen molar-refractivity contribution in [2.45, 2.75) is 32.1 Å². The Hall–Kier alpha value is -0.380. The molecule has 0 aliphatic heterocycles. The van der Waals surface area contributed by atoms with E-state index in [1.165, 1.54) is 12.7 Å². The van der Waals surface area contributed by atoms with Gasteiger partial charge in [-0.2, -0.15) is 0 Å². The molecule has 0 heterocycles. The van der Waals surface area contributed by atoms with Crippen LogP contribution in [0.4, 0.5) is 0 Å². The van der Waals surface area contributed by atoms with Gasteiger partial charge in [0.15, 0.2) is 0 Å². The lowest BCUT2D eigenvalue weighted by Crippen LogP contribution is -2.14. The molecule has 0 N–H and O–H groups in total. The highest BCUT2D eigenvalue weighted by Crippen LogP contribution is 2.54. The van der Waals surface area contributed by atoms with Gasteiger partial charge in [-0.3, -0.25) is 4.79 Å². The maximum absolute atomic E-state index is 11.7. The normalized spacial score (nSPS) is 33.8. The van der Waals surface area contributed by atoms with E-state index >= 15 is 0 Å². The van der Waals surface area contributed by atoms with Crippen molar-refractivity contribution in [1.82, 2.24) is 0 Å². The molecule has 0 spiro atoms. The van der Waals surface area contributed by atoms with Crippen LogP contribution in [-0.2, 0) is 14.6 Å². The third-order valence-corrected chi connectivity index (χ3v) is 4.67. The number of carbonyl (C=O) groups excluding carboxylic acids is 1. The van der Waals surface area contributed by atoms with Crippen LogP contribution in [0.3, 0.4) is 0 Å². The van der Waals surface area contributed by atoms with E-state index in [0.717, 1.165) is 24.7 Å². The van der Waals surface area contributed by atoms with Gasteiger partial charge in [-0.25, -0.2) is 8.42 Å². The van der Waals surface area contributed by atoms with Crippen molar-refractivity contribution in [3.63, 3.8) is 0 Å². The molecule has 0 saturated heterocycles. The summed E-state index contributed by atoms with van der Waals surface area (Å²) in [5, 5.41) is 0. The van der Waals surface area contributed by atoms with Gasteiger partial charge < -0.3 is 0 Å². The first-order valence-electron chi connectivity index (χ1n) is 5.66. The number of rotatable bonds is 5. The molecular formula is C11H18O3S. The van der Waals surface area contributed by atoms with E-state index in [2.05, 4.69) is 0 Å². The second kappa shape index (κ2) is 3.89. The van der Waals surface area contributed by atoms with Gasteiger partial charge in [0.25, 0.3) is 0 Å². The Labute approximate surface area is 91.2 Å². The summed E-state index contributed by atoms with van der Waals surface area (Å²) >= 11 is 0. The van der Waals surface area contributed by atoms with Crippen molar-refractivity contribution < 1.29 is 13.2 Å². The van der Waals surface area contributed by atoms with E-state index in [-0.39, 0.29) is 11.7 Å². The number of ketones is 1. The molecule has 0 aromatic heterocycles. The van der Waals surface area contributed by atoms with Gasteiger partial charge in [0.1, 0.15) is 15.6 Å². The zero-order valence-electron chi connectivity index (χ0n) is 9.11. The van der Waals surface area contributed by atoms with E-state index in [0.29, 0.717) is 18.6 Å². The molecule has 2 unspecified atom stereocenters. The highest BCUT2D eigenvalue weighted by atomic mass is 32.2. The summed E-state index contributed by atoms with van der Waals surface area (Å²) in [6.07, 6.45) is 5.65. The van der Waals surface area contributed by atoms with Crippen LogP contribution >= 0.6 is 0 Å². The number of Topliss-reactive ketones (excluding diaryl/α,β-unsaturated/α-hetero) is 1. The quantitative estimate of drug-likeness (QED) is 0.718. The minimum Gasteiger partial charge on any atom is -0.299 e. The van der Waals surface area contributed by atoms with Crippen molar-refractivity contribution in [3.05, 3.63) is 0 Å². The molecule has 0 amide bonds. The molecule has 15 heavy (non-hydrogen) atoms. The van der Waals surface area contributed by atoms with Crippen molar-refractivity contribution in [2.24, 2.45) is 17.8 Å². The average Bonchev–Trinajstić information content (AvgIpc) is 2.71. The molecule has 2 aliphatic rings. The van der Waals surface area contributed by atoms with Crippen LogP contribution in [0.1, 0.15) is 32.1 Å². The summed E-state index contributed by atoms with van der Waals surface area (Å²) in [6.45, 7) is 0. The van der Waals surface area contributed by atoms with Crippen molar-refractivity contribution >= 4 is 15.6 Å². The molecule has 2 aliphatic carbocycles. The molecule has 4 heteroatoms. The lowest BCUT2D eigenvalue weighted by Gasteiger charge is -2.09. The Morgan fingerprint density at radius 1 is 1.20 bits per heavy atom. The Kier molecular flexibility index (Phi) is 2.88. The van der Waals surface area contributed by atoms with Crippen LogP contribution in [0, 0.1) is 17.8 Å². The van der Waals surface area contributed by atoms with Crippen LogP contribution < -0.4 is 0 Å². The fourth-order valence-corrected chi connectivity index (χ4v) is 3.36. The lowest BCUT2D eigenvalue weighted by molar-refractivity contribution is -0.123. The Balaban J connectivity index is 1.69. The third-order valence-electron chi connectivity index (χ3n) is 3.64. The summed E-state index contributed by atoms with van der Waals surface area (Å²) < 4.78 is 21.8. The summed E-state index contributed by atoms with van der Waals surface area (Å²) in [6, 6.07) is 0. The third kappa shape index (κ3) is 3.03.